The first-order valence-electron chi connectivity index (χ1n) is 7.42. The number of nitrogens with zero attached hydrogens (tertiary/aromatic N) is 2. The van der Waals surface area contributed by atoms with Crippen molar-refractivity contribution < 1.29 is 0 Å². The molecule has 21 heavy (non-hydrogen) atoms. The van der Waals surface area contributed by atoms with Crippen LogP contribution in [0.3, 0.4) is 0 Å². The van der Waals surface area contributed by atoms with Crippen LogP contribution in [0.25, 0.3) is 10.8 Å². The molecule has 0 saturated carbocycles. The number of rotatable bonds is 3. The molecule has 0 fully saturated rings. The van der Waals surface area contributed by atoms with Gasteiger partial charge in [-0.3, -0.25) is 9.97 Å². The Morgan fingerprint density at radius 1 is 0.952 bits per heavy atom. The van der Waals surface area contributed by atoms with Gasteiger partial charge in [0.2, 0.25) is 0 Å². The van der Waals surface area contributed by atoms with Crippen LogP contribution in [0.4, 0.5) is 0 Å². The zero-order chi connectivity index (χ0) is 14.8. The van der Waals surface area contributed by atoms with E-state index in [1.165, 1.54) is 21.9 Å². The SMILES string of the molecule is Cc1ccc2cc(Cc3cncc(C(C)C)n3)ccc2c1. The smallest absolute Gasteiger partial charge is 0.0633 e. The van der Waals surface area contributed by atoms with Gasteiger partial charge in [0.15, 0.2) is 0 Å². The topological polar surface area (TPSA) is 25.8 Å². The van der Waals surface area contributed by atoms with Gasteiger partial charge >= 0.3 is 0 Å². The summed E-state index contributed by atoms with van der Waals surface area (Å²) in [6, 6.07) is 13.2. The minimum Gasteiger partial charge on any atom is -0.261 e. The van der Waals surface area contributed by atoms with E-state index in [1.54, 1.807) is 0 Å². The quantitative estimate of drug-likeness (QED) is 0.695. The molecule has 2 heteroatoms. The fraction of sp³-hybridized carbons (Fsp3) is 0.263. The molecule has 0 N–H and O–H groups in total. The summed E-state index contributed by atoms with van der Waals surface area (Å²) in [5.41, 5.74) is 4.67. The molecule has 0 bridgehead atoms. The lowest BCUT2D eigenvalue weighted by Gasteiger charge is -2.07. The lowest BCUT2D eigenvalue weighted by molar-refractivity contribution is 0.796. The maximum atomic E-state index is 4.70. The van der Waals surface area contributed by atoms with Gasteiger partial charge in [-0.15, -0.1) is 0 Å². The summed E-state index contributed by atoms with van der Waals surface area (Å²) >= 11 is 0. The third-order valence-corrected chi connectivity index (χ3v) is 3.74. The maximum Gasteiger partial charge on any atom is 0.0633 e. The fourth-order valence-corrected chi connectivity index (χ4v) is 2.52. The second-order valence-corrected chi connectivity index (χ2v) is 5.95. The van der Waals surface area contributed by atoms with Crippen LogP contribution >= 0.6 is 0 Å². The Kier molecular flexibility index (Phi) is 3.70. The Labute approximate surface area is 125 Å². The van der Waals surface area contributed by atoms with Gasteiger partial charge in [-0.25, -0.2) is 0 Å². The molecule has 3 aromatic rings. The molecule has 0 radical (unpaired) electrons. The predicted octanol–water partition coefficient (Wildman–Crippen LogP) is 4.65. The molecule has 1 aromatic heterocycles. The molecular weight excluding hydrogens is 256 g/mol. The highest BCUT2D eigenvalue weighted by Gasteiger charge is 2.05. The number of benzene rings is 2. The Balaban J connectivity index is 1.91. The molecule has 0 amide bonds. The molecule has 0 aliphatic heterocycles. The van der Waals surface area contributed by atoms with Crippen LogP contribution in [0.1, 0.15) is 42.3 Å². The Morgan fingerprint density at radius 3 is 2.52 bits per heavy atom. The summed E-state index contributed by atoms with van der Waals surface area (Å²) in [6.07, 6.45) is 4.56. The molecule has 0 aliphatic carbocycles. The van der Waals surface area contributed by atoms with Gasteiger partial charge < -0.3 is 0 Å². The summed E-state index contributed by atoms with van der Waals surface area (Å²) in [5.74, 6) is 0.414. The summed E-state index contributed by atoms with van der Waals surface area (Å²) in [5, 5.41) is 2.58. The van der Waals surface area contributed by atoms with Crippen LogP contribution in [0, 0.1) is 6.92 Å². The van der Waals surface area contributed by atoms with Gasteiger partial charge in [-0.1, -0.05) is 55.8 Å². The van der Waals surface area contributed by atoms with Gasteiger partial charge in [-0.2, -0.15) is 0 Å². The van der Waals surface area contributed by atoms with Crippen molar-refractivity contribution in [3.8, 4) is 0 Å². The van der Waals surface area contributed by atoms with E-state index in [-0.39, 0.29) is 0 Å². The number of hydrogen-bond acceptors (Lipinski definition) is 2. The summed E-state index contributed by atoms with van der Waals surface area (Å²) < 4.78 is 0. The molecule has 0 spiro atoms. The minimum atomic E-state index is 0.414. The van der Waals surface area contributed by atoms with E-state index in [4.69, 9.17) is 4.98 Å². The molecule has 0 atom stereocenters. The van der Waals surface area contributed by atoms with E-state index < -0.39 is 0 Å². The number of aromatic nitrogens is 2. The van der Waals surface area contributed by atoms with Crippen molar-refractivity contribution in [1.82, 2.24) is 9.97 Å². The van der Waals surface area contributed by atoms with Crippen LogP contribution in [0.15, 0.2) is 48.8 Å². The highest BCUT2D eigenvalue weighted by atomic mass is 14.8. The molecule has 0 aliphatic rings. The predicted molar refractivity (Wildman–Crippen MR) is 87.6 cm³/mol. The van der Waals surface area contributed by atoms with Crippen molar-refractivity contribution in [3.05, 3.63) is 71.3 Å². The first-order chi connectivity index (χ1) is 10.1. The Morgan fingerprint density at radius 2 is 1.71 bits per heavy atom. The zero-order valence-electron chi connectivity index (χ0n) is 12.8. The van der Waals surface area contributed by atoms with E-state index in [2.05, 4.69) is 62.2 Å². The molecular formula is C19H20N2. The van der Waals surface area contributed by atoms with Gasteiger partial charge in [-0.05, 0) is 29.2 Å². The molecule has 0 unspecified atom stereocenters. The van der Waals surface area contributed by atoms with E-state index in [0.29, 0.717) is 5.92 Å². The van der Waals surface area contributed by atoms with Crippen LogP contribution < -0.4 is 0 Å². The van der Waals surface area contributed by atoms with Gasteiger partial charge in [0, 0.05) is 18.8 Å². The van der Waals surface area contributed by atoms with E-state index >= 15 is 0 Å². The Bertz CT molecular complexity index is 775. The highest BCUT2D eigenvalue weighted by molar-refractivity contribution is 5.83. The Hall–Kier alpha value is -2.22. The zero-order valence-corrected chi connectivity index (χ0v) is 12.8. The van der Waals surface area contributed by atoms with E-state index in [1.807, 2.05) is 12.4 Å². The van der Waals surface area contributed by atoms with Crippen molar-refractivity contribution >= 4 is 10.8 Å². The summed E-state index contributed by atoms with van der Waals surface area (Å²) in [4.78, 5) is 9.01. The van der Waals surface area contributed by atoms with E-state index in [9.17, 15) is 0 Å². The molecule has 0 saturated heterocycles. The highest BCUT2D eigenvalue weighted by Crippen LogP contribution is 2.19. The maximum absolute atomic E-state index is 4.70. The van der Waals surface area contributed by atoms with Crippen molar-refractivity contribution in [2.45, 2.75) is 33.1 Å². The molecule has 3 rings (SSSR count). The monoisotopic (exact) mass is 276 g/mol. The normalized spacial score (nSPS) is 11.2. The summed E-state index contributed by atoms with van der Waals surface area (Å²) in [7, 11) is 0. The summed E-state index contributed by atoms with van der Waals surface area (Å²) in [6.45, 7) is 6.42. The number of hydrogen-bond donors (Lipinski definition) is 0. The first kappa shape index (κ1) is 13.7. The van der Waals surface area contributed by atoms with Crippen LogP contribution in [-0.2, 0) is 6.42 Å². The van der Waals surface area contributed by atoms with Crippen LogP contribution in [0.2, 0.25) is 0 Å². The molecule has 106 valence electrons. The van der Waals surface area contributed by atoms with E-state index in [0.717, 1.165) is 17.8 Å². The lowest BCUT2D eigenvalue weighted by Crippen LogP contribution is -2.00. The standard InChI is InChI=1S/C19H20N2/c1-13(2)19-12-20-11-18(21-19)10-15-5-7-16-8-14(3)4-6-17(16)9-15/h4-9,11-13H,10H2,1-3H3. The number of fused-ring (bicyclic) bond motifs is 1. The van der Waals surface area contributed by atoms with Gasteiger partial charge in [0.25, 0.3) is 0 Å². The molecule has 2 aromatic carbocycles. The van der Waals surface area contributed by atoms with Crippen molar-refractivity contribution in [1.29, 1.82) is 0 Å². The molecule has 2 nitrogen and oxygen atoms in total. The average molecular weight is 276 g/mol. The lowest BCUT2D eigenvalue weighted by atomic mass is 10.0. The van der Waals surface area contributed by atoms with Crippen molar-refractivity contribution in [3.63, 3.8) is 0 Å². The largest absolute Gasteiger partial charge is 0.261 e. The second-order valence-electron chi connectivity index (χ2n) is 5.95. The van der Waals surface area contributed by atoms with Gasteiger partial charge in [0.1, 0.15) is 0 Å². The number of aryl methyl sites for hydroxylation is 1. The van der Waals surface area contributed by atoms with Crippen LogP contribution in [-0.4, -0.2) is 9.97 Å². The average Bonchev–Trinajstić information content (AvgIpc) is 2.48. The minimum absolute atomic E-state index is 0.414. The fourth-order valence-electron chi connectivity index (χ4n) is 2.52. The third-order valence-electron chi connectivity index (χ3n) is 3.74. The second kappa shape index (κ2) is 5.65. The van der Waals surface area contributed by atoms with Crippen LogP contribution in [0.5, 0.6) is 0 Å². The molecule has 1 heterocycles. The van der Waals surface area contributed by atoms with Crippen molar-refractivity contribution in [2.75, 3.05) is 0 Å². The van der Waals surface area contributed by atoms with Crippen molar-refractivity contribution in [2.24, 2.45) is 0 Å². The first-order valence-corrected chi connectivity index (χ1v) is 7.42. The van der Waals surface area contributed by atoms with Gasteiger partial charge in [0.05, 0.1) is 11.4 Å². The third kappa shape index (κ3) is 3.10.